The summed E-state index contributed by atoms with van der Waals surface area (Å²) in [6, 6.07) is 5.22. The second kappa shape index (κ2) is 8.25. The van der Waals surface area contributed by atoms with Gasteiger partial charge in [-0.1, -0.05) is 11.6 Å². The molecule has 33 heavy (non-hydrogen) atoms. The van der Waals surface area contributed by atoms with Crippen molar-refractivity contribution < 1.29 is 23.1 Å². The minimum Gasteiger partial charge on any atom is -0.476 e. The number of alkyl halides is 3. The molecule has 1 fully saturated rings. The molecule has 4 rings (SSSR count). The van der Waals surface area contributed by atoms with E-state index in [9.17, 15) is 33.1 Å². The van der Waals surface area contributed by atoms with Crippen molar-refractivity contribution >= 4 is 34.7 Å². The number of rotatable bonds is 5. The number of nitrogens with one attached hydrogen (secondary N) is 1. The number of carboxylic acids is 1. The van der Waals surface area contributed by atoms with Crippen molar-refractivity contribution in [2.24, 2.45) is 0 Å². The third-order valence-corrected chi connectivity index (χ3v) is 5.32. The quantitative estimate of drug-likeness (QED) is 0.536. The van der Waals surface area contributed by atoms with Crippen LogP contribution in [0.15, 0.2) is 29.2 Å². The lowest BCUT2D eigenvalue weighted by atomic mass is 10.1. The lowest BCUT2D eigenvalue weighted by Gasteiger charge is -2.32. The molecule has 0 unspecified atom stereocenters. The highest BCUT2D eigenvalue weighted by atomic mass is 35.5. The van der Waals surface area contributed by atoms with Gasteiger partial charge in [-0.25, -0.2) is 14.8 Å². The zero-order valence-electron chi connectivity index (χ0n) is 16.6. The predicted molar refractivity (Wildman–Crippen MR) is 112 cm³/mol. The summed E-state index contributed by atoms with van der Waals surface area (Å²) in [7, 11) is 0. The van der Waals surface area contributed by atoms with Gasteiger partial charge in [0.25, 0.3) is 5.56 Å². The Morgan fingerprint density at radius 2 is 2.03 bits per heavy atom. The number of carboxylic acid groups (broad SMARTS) is 1. The van der Waals surface area contributed by atoms with E-state index in [2.05, 4.69) is 15.3 Å². The van der Waals surface area contributed by atoms with E-state index in [-0.39, 0.29) is 40.0 Å². The molecule has 1 aliphatic heterocycles. The highest BCUT2D eigenvalue weighted by molar-refractivity contribution is 6.29. The van der Waals surface area contributed by atoms with Crippen LogP contribution in [-0.4, -0.2) is 38.5 Å². The minimum absolute atomic E-state index is 0.0152. The standard InChI is InChI=1S/C20H14ClF3N6O3/c21-14-3-2-13(15(27-14)19(32)33)26-8-10-6-11(20(22,23)24)9-30-16(10)28-17(29-4-1-5-29)12(7-25)18(30)31/h2-3,6,9,26H,1,4-5,8H2,(H,32,33). The van der Waals surface area contributed by atoms with E-state index in [1.165, 1.54) is 12.1 Å². The molecule has 1 aliphatic rings. The molecule has 13 heteroatoms. The van der Waals surface area contributed by atoms with Crippen LogP contribution in [0.5, 0.6) is 0 Å². The van der Waals surface area contributed by atoms with Crippen molar-refractivity contribution in [3.63, 3.8) is 0 Å². The summed E-state index contributed by atoms with van der Waals surface area (Å²) in [6.07, 6.45) is -3.35. The Balaban J connectivity index is 1.88. The van der Waals surface area contributed by atoms with E-state index in [4.69, 9.17) is 11.6 Å². The number of carbonyl (C=O) groups is 1. The first kappa shape index (κ1) is 22.3. The van der Waals surface area contributed by atoms with E-state index in [0.29, 0.717) is 23.7 Å². The Kier molecular flexibility index (Phi) is 5.59. The average Bonchev–Trinajstić information content (AvgIpc) is 2.71. The molecule has 0 spiro atoms. The number of halogens is 4. The van der Waals surface area contributed by atoms with E-state index < -0.39 is 29.0 Å². The number of nitriles is 1. The van der Waals surface area contributed by atoms with E-state index in [1.54, 1.807) is 11.0 Å². The fourth-order valence-corrected chi connectivity index (χ4v) is 3.52. The summed E-state index contributed by atoms with van der Waals surface area (Å²) in [6.45, 7) is 0.808. The summed E-state index contributed by atoms with van der Waals surface area (Å²) in [5, 5.41) is 21.4. The Hall–Kier alpha value is -3.85. The molecule has 2 N–H and O–H groups in total. The second-order valence-electron chi connectivity index (χ2n) is 7.20. The molecule has 1 saturated heterocycles. The van der Waals surface area contributed by atoms with Crippen LogP contribution in [0.3, 0.4) is 0 Å². The van der Waals surface area contributed by atoms with Gasteiger partial charge in [0.1, 0.15) is 16.9 Å². The van der Waals surface area contributed by atoms with Crippen molar-refractivity contribution in [3.05, 3.63) is 62.3 Å². The molecule has 4 heterocycles. The summed E-state index contributed by atoms with van der Waals surface area (Å²) < 4.78 is 41.3. The normalized spacial score (nSPS) is 13.5. The number of nitrogens with zero attached hydrogens (tertiary/aromatic N) is 5. The second-order valence-corrected chi connectivity index (χ2v) is 7.59. The Bertz CT molecular complexity index is 1380. The molecule has 0 amide bonds. The summed E-state index contributed by atoms with van der Waals surface area (Å²) in [4.78, 5) is 34.1. The van der Waals surface area contributed by atoms with Crippen LogP contribution in [-0.2, 0) is 12.7 Å². The minimum atomic E-state index is -4.78. The van der Waals surface area contributed by atoms with Crippen molar-refractivity contribution in [2.45, 2.75) is 19.1 Å². The van der Waals surface area contributed by atoms with Gasteiger partial charge in [0.05, 0.1) is 11.3 Å². The molecule has 0 atom stereocenters. The van der Waals surface area contributed by atoms with Crippen molar-refractivity contribution in [3.8, 4) is 6.07 Å². The van der Waals surface area contributed by atoms with Gasteiger partial charge in [0.15, 0.2) is 17.1 Å². The van der Waals surface area contributed by atoms with Gasteiger partial charge in [-0.05, 0) is 24.6 Å². The monoisotopic (exact) mass is 478 g/mol. The van der Waals surface area contributed by atoms with Gasteiger partial charge in [-0.15, -0.1) is 0 Å². The number of aromatic carboxylic acids is 1. The molecule has 3 aromatic rings. The van der Waals surface area contributed by atoms with E-state index in [1.807, 2.05) is 0 Å². The van der Waals surface area contributed by atoms with Crippen LogP contribution >= 0.6 is 11.6 Å². The maximum Gasteiger partial charge on any atom is 0.417 e. The van der Waals surface area contributed by atoms with Crippen LogP contribution in [0.1, 0.15) is 33.6 Å². The Morgan fingerprint density at radius 3 is 2.61 bits per heavy atom. The molecule has 0 aliphatic carbocycles. The van der Waals surface area contributed by atoms with Crippen LogP contribution in [0.25, 0.3) is 5.65 Å². The highest BCUT2D eigenvalue weighted by Crippen LogP contribution is 2.31. The molecule has 9 nitrogen and oxygen atoms in total. The van der Waals surface area contributed by atoms with Gasteiger partial charge in [0, 0.05) is 31.4 Å². The molecule has 3 aromatic heterocycles. The molecular formula is C20H14ClF3N6O3. The number of anilines is 2. The molecule has 0 aromatic carbocycles. The van der Waals surface area contributed by atoms with Crippen LogP contribution in [0.2, 0.25) is 5.15 Å². The Morgan fingerprint density at radius 1 is 1.30 bits per heavy atom. The average molecular weight is 479 g/mol. The summed E-state index contributed by atoms with van der Waals surface area (Å²) in [5.41, 5.74) is -2.90. The zero-order chi connectivity index (χ0) is 23.9. The molecule has 0 radical (unpaired) electrons. The SMILES string of the molecule is N#Cc1c(N2CCC2)nc2c(CNc3ccc(Cl)nc3C(=O)O)cc(C(F)(F)F)cn2c1=O. The fraction of sp³-hybridized carbons (Fsp3) is 0.250. The lowest BCUT2D eigenvalue weighted by molar-refractivity contribution is -0.137. The summed E-state index contributed by atoms with van der Waals surface area (Å²) >= 11 is 5.73. The number of aromatic nitrogens is 3. The van der Waals surface area contributed by atoms with Crippen LogP contribution in [0.4, 0.5) is 24.7 Å². The van der Waals surface area contributed by atoms with E-state index >= 15 is 0 Å². The smallest absolute Gasteiger partial charge is 0.417 e. The first-order valence-electron chi connectivity index (χ1n) is 9.55. The first-order chi connectivity index (χ1) is 15.6. The maximum atomic E-state index is 13.5. The number of pyridine rings is 2. The van der Waals surface area contributed by atoms with Gasteiger partial charge in [0.2, 0.25) is 0 Å². The van der Waals surface area contributed by atoms with Gasteiger partial charge < -0.3 is 15.3 Å². The maximum absolute atomic E-state index is 13.5. The van der Waals surface area contributed by atoms with Crippen LogP contribution < -0.4 is 15.8 Å². The van der Waals surface area contributed by atoms with Gasteiger partial charge >= 0.3 is 12.1 Å². The summed E-state index contributed by atoms with van der Waals surface area (Å²) in [5.74, 6) is -1.28. The Labute approximate surface area is 188 Å². The third kappa shape index (κ3) is 4.14. The highest BCUT2D eigenvalue weighted by Gasteiger charge is 2.33. The topological polar surface area (TPSA) is 124 Å². The predicted octanol–water partition coefficient (Wildman–Crippen LogP) is 3.15. The van der Waals surface area contributed by atoms with Crippen molar-refractivity contribution in [1.29, 1.82) is 5.26 Å². The fourth-order valence-electron chi connectivity index (χ4n) is 3.37. The van der Waals surface area contributed by atoms with Crippen LogP contribution in [0, 0.1) is 11.3 Å². The third-order valence-electron chi connectivity index (χ3n) is 5.11. The first-order valence-corrected chi connectivity index (χ1v) is 9.93. The van der Waals surface area contributed by atoms with Crippen molar-refractivity contribution in [2.75, 3.05) is 23.3 Å². The molecule has 0 saturated carbocycles. The van der Waals surface area contributed by atoms with E-state index in [0.717, 1.165) is 12.5 Å². The zero-order valence-corrected chi connectivity index (χ0v) is 17.4. The molecule has 0 bridgehead atoms. The number of fused-ring (bicyclic) bond motifs is 1. The lowest BCUT2D eigenvalue weighted by Crippen LogP contribution is -2.40. The molecular weight excluding hydrogens is 465 g/mol. The molecule has 170 valence electrons. The van der Waals surface area contributed by atoms with Crippen molar-refractivity contribution in [1.82, 2.24) is 14.4 Å². The van der Waals surface area contributed by atoms with Gasteiger partial charge in [-0.2, -0.15) is 18.4 Å². The van der Waals surface area contributed by atoms with Gasteiger partial charge in [-0.3, -0.25) is 9.20 Å². The number of hydrogen-bond acceptors (Lipinski definition) is 7. The largest absolute Gasteiger partial charge is 0.476 e. The number of hydrogen-bond donors (Lipinski definition) is 2.